The van der Waals surface area contributed by atoms with Crippen molar-refractivity contribution in [2.24, 2.45) is 0 Å². The van der Waals surface area contributed by atoms with E-state index in [2.05, 4.69) is 10.6 Å². The third-order valence-corrected chi connectivity index (χ3v) is 3.74. The summed E-state index contributed by atoms with van der Waals surface area (Å²) in [6, 6.07) is -1.44. The summed E-state index contributed by atoms with van der Waals surface area (Å²) in [5.74, 6) is -1.06. The van der Waals surface area contributed by atoms with Gasteiger partial charge in [-0.2, -0.15) is 0 Å². The Morgan fingerprint density at radius 3 is 2.80 bits per heavy atom. The Balaban J connectivity index is 1.93. The first-order valence-electron chi connectivity index (χ1n) is 6.60. The number of carbonyl (C=O) groups excluding carboxylic acids is 2. The zero-order valence-electron chi connectivity index (χ0n) is 11.3. The lowest BCUT2D eigenvalue weighted by atomic mass is 10.1. The first-order chi connectivity index (χ1) is 9.51. The first kappa shape index (κ1) is 14.6. The van der Waals surface area contributed by atoms with Crippen LogP contribution in [-0.4, -0.2) is 66.3 Å². The van der Waals surface area contributed by atoms with Gasteiger partial charge in [-0.15, -0.1) is 0 Å². The molecule has 3 unspecified atom stereocenters. The molecule has 2 saturated heterocycles. The Kier molecular flexibility index (Phi) is 4.43. The number of carboxylic acids is 1. The lowest BCUT2D eigenvalue weighted by molar-refractivity contribution is -0.141. The van der Waals surface area contributed by atoms with Gasteiger partial charge in [0.05, 0.1) is 6.10 Å². The average molecular weight is 285 g/mol. The number of aliphatic carboxylic acids is 1. The summed E-state index contributed by atoms with van der Waals surface area (Å²) < 4.78 is 5.13. The number of methoxy groups -OCH3 is 1. The van der Waals surface area contributed by atoms with Crippen LogP contribution in [0.4, 0.5) is 4.79 Å². The zero-order valence-corrected chi connectivity index (χ0v) is 11.3. The molecule has 2 fully saturated rings. The molecule has 3 N–H and O–H groups in total. The van der Waals surface area contributed by atoms with Crippen molar-refractivity contribution >= 4 is 17.9 Å². The number of amides is 3. The summed E-state index contributed by atoms with van der Waals surface area (Å²) >= 11 is 0. The number of urea groups is 1. The normalized spacial score (nSPS) is 29.9. The van der Waals surface area contributed by atoms with E-state index in [4.69, 9.17) is 9.84 Å². The lowest BCUT2D eigenvalue weighted by Gasteiger charge is -2.28. The van der Waals surface area contributed by atoms with Crippen molar-refractivity contribution in [3.63, 3.8) is 0 Å². The fourth-order valence-corrected chi connectivity index (χ4v) is 2.54. The van der Waals surface area contributed by atoms with Gasteiger partial charge in [0.15, 0.2) is 0 Å². The second-order valence-corrected chi connectivity index (χ2v) is 5.09. The smallest absolute Gasteiger partial charge is 0.326 e. The topological polar surface area (TPSA) is 108 Å². The summed E-state index contributed by atoms with van der Waals surface area (Å²) in [5.41, 5.74) is 0. The Morgan fingerprint density at radius 1 is 1.50 bits per heavy atom. The minimum Gasteiger partial charge on any atom is -0.480 e. The summed E-state index contributed by atoms with van der Waals surface area (Å²) in [4.78, 5) is 35.7. The van der Waals surface area contributed by atoms with Crippen LogP contribution in [0.3, 0.4) is 0 Å². The van der Waals surface area contributed by atoms with E-state index in [0.717, 1.165) is 0 Å². The Bertz CT molecular complexity index is 404. The monoisotopic (exact) mass is 285 g/mol. The number of hydrogen-bond donors (Lipinski definition) is 3. The Labute approximate surface area is 116 Å². The van der Waals surface area contributed by atoms with Crippen molar-refractivity contribution in [3.8, 4) is 0 Å². The number of nitrogens with one attached hydrogen (secondary N) is 2. The molecule has 8 nitrogen and oxygen atoms in total. The van der Waals surface area contributed by atoms with E-state index in [-0.39, 0.29) is 24.6 Å². The van der Waals surface area contributed by atoms with Gasteiger partial charge >= 0.3 is 12.0 Å². The standard InChI is InChI=1S/C12H19N3O5/c1-20-8-4-9(11(17)18)15(6-8)12(19)14-7-2-3-10(16)13-5-7/h7-9H,2-6H2,1H3,(H,13,16)(H,14,19)(H,17,18). The van der Waals surface area contributed by atoms with Gasteiger partial charge in [-0.05, 0) is 6.42 Å². The van der Waals surface area contributed by atoms with Crippen LogP contribution in [0.2, 0.25) is 0 Å². The maximum absolute atomic E-state index is 12.2. The molecule has 0 spiro atoms. The van der Waals surface area contributed by atoms with Gasteiger partial charge in [0.25, 0.3) is 0 Å². The van der Waals surface area contributed by atoms with Crippen molar-refractivity contribution in [1.29, 1.82) is 0 Å². The highest BCUT2D eigenvalue weighted by atomic mass is 16.5. The summed E-state index contributed by atoms with van der Waals surface area (Å²) in [5, 5.41) is 14.6. The van der Waals surface area contributed by atoms with Crippen LogP contribution in [0.25, 0.3) is 0 Å². The van der Waals surface area contributed by atoms with Crippen molar-refractivity contribution in [3.05, 3.63) is 0 Å². The third kappa shape index (κ3) is 3.19. The molecular weight excluding hydrogens is 266 g/mol. The van der Waals surface area contributed by atoms with Gasteiger partial charge in [0.1, 0.15) is 6.04 Å². The van der Waals surface area contributed by atoms with Crippen LogP contribution < -0.4 is 10.6 Å². The molecule has 2 rings (SSSR count). The van der Waals surface area contributed by atoms with E-state index < -0.39 is 18.0 Å². The molecule has 0 radical (unpaired) electrons. The predicted molar refractivity (Wildman–Crippen MR) is 68.1 cm³/mol. The molecule has 0 saturated carbocycles. The highest BCUT2D eigenvalue weighted by Gasteiger charge is 2.40. The van der Waals surface area contributed by atoms with Crippen LogP contribution >= 0.6 is 0 Å². The van der Waals surface area contributed by atoms with Gasteiger partial charge in [0, 0.05) is 39.1 Å². The summed E-state index contributed by atoms with van der Waals surface area (Å²) in [6.45, 7) is 0.641. The number of piperidine rings is 1. The van der Waals surface area contributed by atoms with Gasteiger partial charge in [-0.25, -0.2) is 9.59 Å². The maximum atomic E-state index is 12.2. The van der Waals surface area contributed by atoms with E-state index in [1.54, 1.807) is 0 Å². The van der Waals surface area contributed by atoms with E-state index in [1.165, 1.54) is 12.0 Å². The highest BCUT2D eigenvalue weighted by molar-refractivity contribution is 5.84. The molecule has 112 valence electrons. The molecule has 3 atom stereocenters. The van der Waals surface area contributed by atoms with Crippen molar-refractivity contribution < 1.29 is 24.2 Å². The van der Waals surface area contributed by atoms with Gasteiger partial charge in [-0.3, -0.25) is 4.79 Å². The molecule has 0 aromatic carbocycles. The number of nitrogens with zero attached hydrogens (tertiary/aromatic N) is 1. The molecule has 2 heterocycles. The number of likely N-dealkylation sites (tertiary alicyclic amines) is 1. The van der Waals surface area contributed by atoms with Gasteiger partial charge in [-0.1, -0.05) is 0 Å². The number of hydrogen-bond acceptors (Lipinski definition) is 4. The fraction of sp³-hybridized carbons (Fsp3) is 0.750. The molecule has 0 aliphatic carbocycles. The molecular formula is C12H19N3O5. The number of carboxylic acid groups (broad SMARTS) is 1. The zero-order chi connectivity index (χ0) is 14.7. The number of carbonyl (C=O) groups is 3. The molecule has 0 bridgehead atoms. The molecule has 0 aromatic rings. The minimum atomic E-state index is -1.03. The number of ether oxygens (including phenoxy) is 1. The quantitative estimate of drug-likeness (QED) is 0.626. The summed E-state index contributed by atoms with van der Waals surface area (Å²) in [7, 11) is 1.50. The van der Waals surface area contributed by atoms with Crippen molar-refractivity contribution in [2.45, 2.75) is 37.5 Å². The van der Waals surface area contributed by atoms with E-state index in [9.17, 15) is 14.4 Å². The second kappa shape index (κ2) is 6.08. The van der Waals surface area contributed by atoms with E-state index >= 15 is 0 Å². The summed E-state index contributed by atoms with van der Waals surface area (Å²) in [6.07, 6.45) is 0.971. The number of rotatable bonds is 3. The van der Waals surface area contributed by atoms with E-state index in [1.807, 2.05) is 0 Å². The van der Waals surface area contributed by atoms with Crippen LogP contribution in [0.5, 0.6) is 0 Å². The van der Waals surface area contributed by atoms with Crippen LogP contribution in [-0.2, 0) is 14.3 Å². The SMILES string of the molecule is COC1CC(C(=O)O)N(C(=O)NC2CCC(=O)NC2)C1. The van der Waals surface area contributed by atoms with Gasteiger partial charge < -0.3 is 25.4 Å². The van der Waals surface area contributed by atoms with Crippen molar-refractivity contribution in [2.75, 3.05) is 20.2 Å². The predicted octanol–water partition coefficient (Wildman–Crippen LogP) is -0.851. The van der Waals surface area contributed by atoms with Crippen molar-refractivity contribution in [1.82, 2.24) is 15.5 Å². The minimum absolute atomic E-state index is 0.0282. The lowest BCUT2D eigenvalue weighted by Crippen LogP contribution is -2.53. The molecule has 2 aliphatic heterocycles. The van der Waals surface area contributed by atoms with Crippen LogP contribution in [0, 0.1) is 0 Å². The molecule has 2 aliphatic rings. The average Bonchev–Trinajstić information content (AvgIpc) is 2.86. The highest BCUT2D eigenvalue weighted by Crippen LogP contribution is 2.20. The van der Waals surface area contributed by atoms with Crippen LogP contribution in [0.1, 0.15) is 19.3 Å². The largest absolute Gasteiger partial charge is 0.480 e. The van der Waals surface area contributed by atoms with Gasteiger partial charge in [0.2, 0.25) is 5.91 Å². The Hall–Kier alpha value is -1.83. The second-order valence-electron chi connectivity index (χ2n) is 5.09. The molecule has 3 amide bonds. The maximum Gasteiger partial charge on any atom is 0.326 e. The Morgan fingerprint density at radius 2 is 2.25 bits per heavy atom. The molecule has 0 aromatic heterocycles. The fourth-order valence-electron chi connectivity index (χ4n) is 2.54. The molecule has 8 heteroatoms. The van der Waals surface area contributed by atoms with Crippen LogP contribution in [0.15, 0.2) is 0 Å². The van der Waals surface area contributed by atoms with E-state index in [0.29, 0.717) is 25.8 Å². The first-order valence-corrected chi connectivity index (χ1v) is 6.60. The molecule has 20 heavy (non-hydrogen) atoms. The third-order valence-electron chi connectivity index (χ3n) is 3.74.